The fourth-order valence-electron chi connectivity index (χ4n) is 1.72. The Morgan fingerprint density at radius 1 is 1.17 bits per heavy atom. The zero-order valence-corrected chi connectivity index (χ0v) is 14.9. The van der Waals surface area contributed by atoms with E-state index in [4.69, 9.17) is 0 Å². The van der Waals surface area contributed by atoms with Crippen molar-refractivity contribution >= 4 is 32.4 Å². The lowest BCUT2D eigenvalue weighted by Crippen LogP contribution is -2.26. The minimum absolute atomic E-state index is 0.114. The van der Waals surface area contributed by atoms with Crippen LogP contribution in [0.4, 0.5) is 9.52 Å². The first-order valence-electron chi connectivity index (χ1n) is 7.11. The van der Waals surface area contributed by atoms with E-state index in [0.29, 0.717) is 5.56 Å². The molecule has 130 valence electrons. The number of hydrogen-bond acceptors (Lipinski definition) is 6. The number of sulfonamides is 1. The quantitative estimate of drug-likeness (QED) is 0.758. The Bertz CT molecular complexity index is 819. The number of hydrogen-bond donors (Lipinski definition) is 2. The van der Waals surface area contributed by atoms with E-state index in [-0.39, 0.29) is 21.3 Å². The Labute approximate surface area is 143 Å². The van der Waals surface area contributed by atoms with E-state index in [1.54, 1.807) is 20.8 Å². The molecule has 0 unspecified atom stereocenters. The molecule has 10 heteroatoms. The van der Waals surface area contributed by atoms with Gasteiger partial charge in [0.25, 0.3) is 10.0 Å². The molecule has 0 saturated carbocycles. The Balaban J connectivity index is 2.11. The van der Waals surface area contributed by atoms with Gasteiger partial charge in [0.2, 0.25) is 15.4 Å². The van der Waals surface area contributed by atoms with Crippen LogP contribution in [0.15, 0.2) is 28.6 Å². The number of amides is 1. The average molecular weight is 372 g/mol. The van der Waals surface area contributed by atoms with Gasteiger partial charge in [-0.05, 0) is 24.6 Å². The molecule has 2 aromatic rings. The molecule has 1 atom stereocenters. The second-order valence-electron chi connectivity index (χ2n) is 5.41. The highest BCUT2D eigenvalue weighted by Gasteiger charge is 2.24. The molecule has 2 N–H and O–H groups in total. The third kappa shape index (κ3) is 4.56. The molecular weight excluding hydrogens is 355 g/mol. The van der Waals surface area contributed by atoms with Crippen LogP contribution in [0, 0.1) is 11.7 Å². The fourth-order valence-corrected chi connectivity index (χ4v) is 3.87. The lowest BCUT2D eigenvalue weighted by Gasteiger charge is -2.12. The highest BCUT2D eigenvalue weighted by molar-refractivity contribution is 7.91. The first kappa shape index (κ1) is 18.4. The summed E-state index contributed by atoms with van der Waals surface area (Å²) in [7, 11) is -3.90. The highest BCUT2D eigenvalue weighted by atomic mass is 32.2. The molecule has 24 heavy (non-hydrogen) atoms. The van der Waals surface area contributed by atoms with Crippen molar-refractivity contribution in [2.75, 3.05) is 5.32 Å². The second kappa shape index (κ2) is 7.32. The molecule has 2 rings (SSSR count). The maximum absolute atomic E-state index is 12.9. The summed E-state index contributed by atoms with van der Waals surface area (Å²) in [5.74, 6) is -0.934. The topological polar surface area (TPSA) is 101 Å². The van der Waals surface area contributed by atoms with Gasteiger partial charge in [-0.15, -0.1) is 10.2 Å². The van der Waals surface area contributed by atoms with Gasteiger partial charge in [0.15, 0.2) is 0 Å². The van der Waals surface area contributed by atoms with Crippen molar-refractivity contribution in [2.45, 2.75) is 31.2 Å². The summed E-state index contributed by atoms with van der Waals surface area (Å²) in [5.41, 5.74) is 0.609. The van der Waals surface area contributed by atoms with E-state index in [1.165, 1.54) is 24.3 Å². The van der Waals surface area contributed by atoms with Crippen LogP contribution in [-0.4, -0.2) is 24.5 Å². The Hall–Kier alpha value is -1.91. The number of anilines is 1. The number of rotatable bonds is 6. The molecule has 0 saturated heterocycles. The lowest BCUT2D eigenvalue weighted by molar-refractivity contribution is -0.118. The van der Waals surface area contributed by atoms with Crippen molar-refractivity contribution in [3.8, 4) is 0 Å². The monoisotopic (exact) mass is 372 g/mol. The minimum atomic E-state index is -3.90. The summed E-state index contributed by atoms with van der Waals surface area (Å²) in [5, 5.41) is 9.88. The molecule has 0 aliphatic rings. The summed E-state index contributed by atoms with van der Waals surface area (Å²) < 4.78 is 39.8. The van der Waals surface area contributed by atoms with Crippen LogP contribution >= 0.6 is 11.3 Å². The van der Waals surface area contributed by atoms with Crippen LogP contribution in [0.5, 0.6) is 0 Å². The van der Waals surface area contributed by atoms with Gasteiger partial charge in [0.05, 0.1) is 0 Å². The smallest absolute Gasteiger partial charge is 0.270 e. The van der Waals surface area contributed by atoms with Gasteiger partial charge in [-0.25, -0.2) is 17.5 Å². The summed E-state index contributed by atoms with van der Waals surface area (Å²) in [6, 6.07) is 4.93. The van der Waals surface area contributed by atoms with Gasteiger partial charge in [-0.3, -0.25) is 4.79 Å². The van der Waals surface area contributed by atoms with Crippen molar-refractivity contribution < 1.29 is 17.6 Å². The molecule has 7 nitrogen and oxygen atoms in total. The number of carbonyl (C=O) groups is 1. The molecule has 0 aliphatic carbocycles. The minimum Gasteiger partial charge on any atom is -0.300 e. The van der Waals surface area contributed by atoms with Gasteiger partial charge in [0.1, 0.15) is 5.82 Å². The van der Waals surface area contributed by atoms with E-state index in [9.17, 15) is 17.6 Å². The summed E-state index contributed by atoms with van der Waals surface area (Å²) >= 11 is 0.761. The maximum Gasteiger partial charge on any atom is 0.270 e. The third-order valence-corrected chi connectivity index (χ3v) is 5.84. The molecule has 0 fully saturated rings. The number of aromatic nitrogens is 2. The number of halogens is 1. The zero-order valence-electron chi connectivity index (χ0n) is 13.3. The van der Waals surface area contributed by atoms with Crippen molar-refractivity contribution in [1.82, 2.24) is 14.9 Å². The molecule has 1 amide bonds. The summed E-state index contributed by atoms with van der Waals surface area (Å²) in [6.07, 6.45) is 0. The number of nitrogens with zero attached hydrogens (tertiary/aromatic N) is 2. The van der Waals surface area contributed by atoms with Crippen molar-refractivity contribution in [3.05, 3.63) is 35.6 Å². The first-order valence-corrected chi connectivity index (χ1v) is 9.41. The third-order valence-electron chi connectivity index (χ3n) is 3.09. The molecular formula is C14H17FN4O3S2. The standard InChI is InChI=1S/C14H17FN4O3S2/c1-8(2)12(20)16-13-17-18-14(23-13)24(21,22)19-9(3)10-4-6-11(15)7-5-10/h4-9,19H,1-3H3,(H,16,17,20)/t9-/m1/s1. The van der Waals surface area contributed by atoms with E-state index >= 15 is 0 Å². The van der Waals surface area contributed by atoms with Gasteiger partial charge >= 0.3 is 0 Å². The largest absolute Gasteiger partial charge is 0.300 e. The average Bonchev–Trinajstić information content (AvgIpc) is 2.96. The molecule has 1 aromatic carbocycles. The normalized spacial score (nSPS) is 13.0. The fraction of sp³-hybridized carbons (Fsp3) is 0.357. The molecule has 0 radical (unpaired) electrons. The van der Waals surface area contributed by atoms with E-state index < -0.39 is 21.9 Å². The van der Waals surface area contributed by atoms with Crippen LogP contribution in [0.1, 0.15) is 32.4 Å². The van der Waals surface area contributed by atoms with Crippen LogP contribution < -0.4 is 10.0 Å². The van der Waals surface area contributed by atoms with Crippen molar-refractivity contribution in [3.63, 3.8) is 0 Å². The van der Waals surface area contributed by atoms with Gasteiger partial charge in [0, 0.05) is 12.0 Å². The first-order chi connectivity index (χ1) is 11.2. The highest BCUT2D eigenvalue weighted by Crippen LogP contribution is 2.23. The van der Waals surface area contributed by atoms with Gasteiger partial charge in [-0.2, -0.15) is 0 Å². The second-order valence-corrected chi connectivity index (χ2v) is 8.28. The summed E-state index contributed by atoms with van der Waals surface area (Å²) in [4.78, 5) is 11.6. The summed E-state index contributed by atoms with van der Waals surface area (Å²) in [6.45, 7) is 5.05. The number of benzene rings is 1. The molecule has 1 heterocycles. The predicted molar refractivity (Wildman–Crippen MR) is 88.5 cm³/mol. The Morgan fingerprint density at radius 3 is 2.38 bits per heavy atom. The number of carbonyl (C=O) groups excluding carboxylic acids is 1. The van der Waals surface area contributed by atoms with E-state index in [1.807, 2.05) is 0 Å². The van der Waals surface area contributed by atoms with Crippen molar-refractivity contribution in [2.24, 2.45) is 5.92 Å². The SMILES string of the molecule is CC(C)C(=O)Nc1nnc(S(=O)(=O)N[C@H](C)c2ccc(F)cc2)s1. The van der Waals surface area contributed by atoms with Crippen LogP contribution in [-0.2, 0) is 14.8 Å². The molecule has 0 bridgehead atoms. The predicted octanol–water partition coefficient (Wildman–Crippen LogP) is 2.31. The molecule has 0 spiro atoms. The maximum atomic E-state index is 12.9. The molecule has 1 aromatic heterocycles. The Morgan fingerprint density at radius 2 is 1.79 bits per heavy atom. The van der Waals surface area contributed by atoms with Crippen LogP contribution in [0.3, 0.4) is 0 Å². The number of nitrogens with one attached hydrogen (secondary N) is 2. The van der Waals surface area contributed by atoms with Crippen molar-refractivity contribution in [1.29, 1.82) is 0 Å². The van der Waals surface area contributed by atoms with Crippen LogP contribution in [0.25, 0.3) is 0 Å². The molecule has 0 aliphatic heterocycles. The lowest BCUT2D eigenvalue weighted by atomic mass is 10.1. The van der Waals surface area contributed by atoms with E-state index in [2.05, 4.69) is 20.2 Å². The van der Waals surface area contributed by atoms with Gasteiger partial charge < -0.3 is 5.32 Å². The Kier molecular flexibility index (Phi) is 5.62. The van der Waals surface area contributed by atoms with Gasteiger partial charge in [-0.1, -0.05) is 37.3 Å². The zero-order chi connectivity index (χ0) is 17.9. The van der Waals surface area contributed by atoms with E-state index in [0.717, 1.165) is 11.3 Å². The van der Waals surface area contributed by atoms with Crippen LogP contribution in [0.2, 0.25) is 0 Å².